The summed E-state index contributed by atoms with van der Waals surface area (Å²) >= 11 is 0. The van der Waals surface area contributed by atoms with Gasteiger partial charge >= 0.3 is 0 Å². The van der Waals surface area contributed by atoms with Gasteiger partial charge in [-0.15, -0.1) is 0 Å². The molecule has 1 fully saturated rings. The summed E-state index contributed by atoms with van der Waals surface area (Å²) in [7, 11) is -3.50. The Morgan fingerprint density at radius 1 is 1.08 bits per heavy atom. The van der Waals surface area contributed by atoms with Gasteiger partial charge in [-0.25, -0.2) is 8.42 Å². The zero-order valence-electron chi connectivity index (χ0n) is 14.9. The quantitative estimate of drug-likeness (QED) is 0.825. The van der Waals surface area contributed by atoms with Crippen LogP contribution in [0.1, 0.15) is 27.4 Å². The van der Waals surface area contributed by atoms with Gasteiger partial charge in [0, 0.05) is 31.6 Å². The minimum absolute atomic E-state index is 0.115. The van der Waals surface area contributed by atoms with E-state index in [4.69, 9.17) is 4.42 Å². The number of rotatable bonds is 4. The molecule has 0 aliphatic carbocycles. The summed E-state index contributed by atoms with van der Waals surface area (Å²) in [5.41, 5.74) is 1.37. The monoisotopic (exact) mass is 374 g/mol. The second kappa shape index (κ2) is 7.47. The molecule has 1 aliphatic rings. The van der Waals surface area contributed by atoms with E-state index < -0.39 is 10.0 Å². The molecular weight excluding hydrogens is 352 g/mol. The van der Waals surface area contributed by atoms with Crippen LogP contribution in [0.15, 0.2) is 46.2 Å². The lowest BCUT2D eigenvalue weighted by Crippen LogP contribution is -2.50. The van der Waals surface area contributed by atoms with E-state index in [2.05, 4.69) is 0 Å². The van der Waals surface area contributed by atoms with Crippen LogP contribution in [-0.4, -0.2) is 49.7 Å². The lowest BCUT2D eigenvalue weighted by atomic mass is 10.2. The highest BCUT2D eigenvalue weighted by atomic mass is 32.2. The van der Waals surface area contributed by atoms with E-state index in [0.29, 0.717) is 30.2 Å². The van der Waals surface area contributed by atoms with Crippen LogP contribution >= 0.6 is 0 Å². The number of nitrogens with zero attached hydrogens (tertiary/aromatic N) is 2. The van der Waals surface area contributed by atoms with E-state index in [1.165, 1.54) is 9.71 Å². The molecule has 0 N–H and O–H groups in total. The highest BCUT2D eigenvalue weighted by Gasteiger charge is 2.29. The number of furan rings is 1. The van der Waals surface area contributed by atoms with Crippen molar-refractivity contribution in [1.29, 1.82) is 0 Å². The van der Waals surface area contributed by atoms with E-state index in [1.54, 1.807) is 30.9 Å². The van der Waals surface area contributed by atoms with Crippen LogP contribution in [0.2, 0.25) is 0 Å². The Balaban J connectivity index is 1.63. The normalized spacial score (nSPS) is 16.3. The summed E-state index contributed by atoms with van der Waals surface area (Å²) in [4.78, 5) is 14.3. The van der Waals surface area contributed by atoms with Crippen molar-refractivity contribution < 1.29 is 17.6 Å². The number of aryl methyl sites for hydroxylation is 2. The van der Waals surface area contributed by atoms with Gasteiger partial charge in [0.25, 0.3) is 5.91 Å². The third-order valence-electron chi connectivity index (χ3n) is 4.39. The molecule has 0 radical (unpaired) electrons. The standard InChI is InChI=1S/C19H22N2O4S/c1-15-14-18(16(2)25-15)19(22)20-9-11-21(12-10-20)26(23,24)13-8-17-6-4-3-5-7-17/h3-8,13-14H,9-12H2,1-2H3/b13-8+. The number of sulfonamides is 1. The third kappa shape index (κ3) is 4.05. The maximum atomic E-state index is 12.6. The molecule has 0 spiro atoms. The number of hydrogen-bond acceptors (Lipinski definition) is 4. The number of hydrogen-bond donors (Lipinski definition) is 0. The van der Waals surface area contributed by atoms with E-state index in [-0.39, 0.29) is 19.0 Å². The first kappa shape index (κ1) is 18.4. The summed E-state index contributed by atoms with van der Waals surface area (Å²) in [6.07, 6.45) is 1.59. The van der Waals surface area contributed by atoms with Crippen molar-refractivity contribution in [3.8, 4) is 0 Å². The second-order valence-electron chi connectivity index (χ2n) is 6.28. The Labute approximate surface area is 153 Å². The molecule has 1 aromatic heterocycles. The molecule has 0 unspecified atom stereocenters. The molecule has 2 aromatic rings. The molecule has 7 heteroatoms. The molecule has 2 heterocycles. The summed E-state index contributed by atoms with van der Waals surface area (Å²) in [6, 6.07) is 11.0. The predicted octanol–water partition coefficient (Wildman–Crippen LogP) is 2.65. The van der Waals surface area contributed by atoms with Gasteiger partial charge in [-0.1, -0.05) is 30.3 Å². The molecule has 0 saturated carbocycles. The third-order valence-corrected chi connectivity index (χ3v) is 5.95. The lowest BCUT2D eigenvalue weighted by Gasteiger charge is -2.33. The van der Waals surface area contributed by atoms with Crippen molar-refractivity contribution in [1.82, 2.24) is 9.21 Å². The van der Waals surface area contributed by atoms with Crippen LogP contribution in [0.3, 0.4) is 0 Å². The molecule has 1 amide bonds. The van der Waals surface area contributed by atoms with E-state index in [1.807, 2.05) is 30.3 Å². The number of benzene rings is 1. The van der Waals surface area contributed by atoms with Crippen molar-refractivity contribution >= 4 is 22.0 Å². The Bertz CT molecular complexity index is 908. The van der Waals surface area contributed by atoms with Crippen molar-refractivity contribution in [3.63, 3.8) is 0 Å². The van der Waals surface area contributed by atoms with Gasteiger partial charge < -0.3 is 9.32 Å². The highest BCUT2D eigenvalue weighted by molar-refractivity contribution is 7.92. The molecule has 0 bridgehead atoms. The molecule has 3 rings (SSSR count). The zero-order valence-corrected chi connectivity index (χ0v) is 15.7. The van der Waals surface area contributed by atoms with Crippen LogP contribution in [-0.2, 0) is 10.0 Å². The Morgan fingerprint density at radius 3 is 2.31 bits per heavy atom. The van der Waals surface area contributed by atoms with Crippen molar-refractivity contribution in [2.24, 2.45) is 0 Å². The van der Waals surface area contributed by atoms with Gasteiger partial charge in [0.1, 0.15) is 11.5 Å². The first-order chi connectivity index (χ1) is 12.4. The number of carbonyl (C=O) groups is 1. The molecule has 1 aliphatic heterocycles. The Hall–Kier alpha value is -2.38. The van der Waals surface area contributed by atoms with Gasteiger partial charge in [0.05, 0.1) is 5.56 Å². The molecule has 138 valence electrons. The highest BCUT2D eigenvalue weighted by Crippen LogP contribution is 2.18. The zero-order chi connectivity index (χ0) is 18.7. The fourth-order valence-corrected chi connectivity index (χ4v) is 4.15. The molecular formula is C19H22N2O4S. The number of carbonyl (C=O) groups excluding carboxylic acids is 1. The van der Waals surface area contributed by atoms with Gasteiger partial charge in [-0.3, -0.25) is 4.79 Å². The van der Waals surface area contributed by atoms with Gasteiger partial charge in [-0.2, -0.15) is 4.31 Å². The molecule has 6 nitrogen and oxygen atoms in total. The lowest BCUT2D eigenvalue weighted by molar-refractivity contribution is 0.0697. The number of amides is 1. The summed E-state index contributed by atoms with van der Waals surface area (Å²) in [5.74, 6) is 1.17. The van der Waals surface area contributed by atoms with E-state index in [0.717, 1.165) is 5.56 Å². The largest absolute Gasteiger partial charge is 0.466 e. The van der Waals surface area contributed by atoms with Gasteiger partial charge in [0.15, 0.2) is 0 Å². The Kier molecular flexibility index (Phi) is 5.29. The first-order valence-electron chi connectivity index (χ1n) is 8.46. The van der Waals surface area contributed by atoms with Crippen LogP contribution in [0.5, 0.6) is 0 Å². The fourth-order valence-electron chi connectivity index (χ4n) is 2.97. The topological polar surface area (TPSA) is 70.8 Å². The molecule has 1 aromatic carbocycles. The fraction of sp³-hybridized carbons (Fsp3) is 0.316. The molecule has 1 saturated heterocycles. The molecule has 26 heavy (non-hydrogen) atoms. The maximum absolute atomic E-state index is 12.6. The van der Waals surface area contributed by atoms with Crippen LogP contribution in [0, 0.1) is 13.8 Å². The first-order valence-corrected chi connectivity index (χ1v) is 9.97. The smallest absolute Gasteiger partial charge is 0.257 e. The average Bonchev–Trinajstić information content (AvgIpc) is 2.98. The summed E-state index contributed by atoms with van der Waals surface area (Å²) in [6.45, 7) is 4.84. The predicted molar refractivity (Wildman–Crippen MR) is 100 cm³/mol. The van der Waals surface area contributed by atoms with Crippen LogP contribution < -0.4 is 0 Å². The van der Waals surface area contributed by atoms with Gasteiger partial charge in [-0.05, 0) is 31.6 Å². The SMILES string of the molecule is Cc1cc(C(=O)N2CCN(S(=O)(=O)/C=C/c3ccccc3)CC2)c(C)o1. The van der Waals surface area contributed by atoms with Crippen molar-refractivity contribution in [2.45, 2.75) is 13.8 Å². The van der Waals surface area contributed by atoms with Crippen molar-refractivity contribution in [3.05, 3.63) is 64.5 Å². The Morgan fingerprint density at radius 2 is 1.73 bits per heavy atom. The maximum Gasteiger partial charge on any atom is 0.257 e. The average molecular weight is 374 g/mol. The van der Waals surface area contributed by atoms with Crippen LogP contribution in [0.4, 0.5) is 0 Å². The summed E-state index contributed by atoms with van der Waals surface area (Å²) < 4.78 is 31.8. The van der Waals surface area contributed by atoms with Crippen molar-refractivity contribution in [2.75, 3.05) is 26.2 Å². The van der Waals surface area contributed by atoms with Crippen LogP contribution in [0.25, 0.3) is 6.08 Å². The van der Waals surface area contributed by atoms with Gasteiger partial charge in [0.2, 0.25) is 10.0 Å². The molecule has 0 atom stereocenters. The summed E-state index contributed by atoms with van der Waals surface area (Å²) in [5, 5.41) is 1.23. The van der Waals surface area contributed by atoms with E-state index >= 15 is 0 Å². The minimum atomic E-state index is -3.50. The second-order valence-corrected chi connectivity index (χ2v) is 8.10. The number of piperazine rings is 1. The minimum Gasteiger partial charge on any atom is -0.466 e. The van der Waals surface area contributed by atoms with E-state index in [9.17, 15) is 13.2 Å².